The first-order valence-corrected chi connectivity index (χ1v) is 6.45. The molecule has 0 aromatic carbocycles. The number of carboxylic acids is 1. The second kappa shape index (κ2) is 5.23. The summed E-state index contributed by atoms with van der Waals surface area (Å²) in [4.78, 5) is 26.7. The monoisotopic (exact) mass is 280 g/mol. The Balaban J connectivity index is 2.09. The number of carbonyl (C=O) groups excluding carboxylic acids is 1. The van der Waals surface area contributed by atoms with Crippen LogP contribution in [0.5, 0.6) is 0 Å². The number of carboxylic acid groups (broad SMARTS) is 1. The average Bonchev–Trinajstić information content (AvgIpc) is 2.96. The van der Waals surface area contributed by atoms with E-state index in [2.05, 4.69) is 10.3 Å². The number of thiazole rings is 1. The molecule has 100 valence electrons. The summed E-state index contributed by atoms with van der Waals surface area (Å²) in [6.45, 7) is 4.01. The molecule has 2 heterocycles. The SMILES string of the molecule is CC(C)c1csc(NC(=O)c2ccc(C(=O)O)o2)n1. The number of nitrogens with one attached hydrogen (secondary N) is 1. The Morgan fingerprint density at radius 1 is 1.37 bits per heavy atom. The summed E-state index contributed by atoms with van der Waals surface area (Å²) in [7, 11) is 0. The van der Waals surface area contributed by atoms with Gasteiger partial charge in [-0.15, -0.1) is 11.3 Å². The molecule has 2 aromatic rings. The fraction of sp³-hybridized carbons (Fsp3) is 0.250. The maximum Gasteiger partial charge on any atom is 0.371 e. The van der Waals surface area contributed by atoms with Crippen LogP contribution in [0, 0.1) is 0 Å². The van der Waals surface area contributed by atoms with Gasteiger partial charge in [-0.05, 0) is 18.1 Å². The number of hydrogen-bond donors (Lipinski definition) is 2. The Hall–Kier alpha value is -2.15. The van der Waals surface area contributed by atoms with Crippen LogP contribution in [0.4, 0.5) is 5.13 Å². The van der Waals surface area contributed by atoms with Crippen molar-refractivity contribution in [2.75, 3.05) is 5.32 Å². The number of amides is 1. The number of anilines is 1. The van der Waals surface area contributed by atoms with Crippen LogP contribution >= 0.6 is 11.3 Å². The lowest BCUT2D eigenvalue weighted by atomic mass is 10.2. The Kier molecular flexibility index (Phi) is 3.66. The molecule has 0 aliphatic carbocycles. The summed E-state index contributed by atoms with van der Waals surface area (Å²) in [5, 5.41) is 13.6. The van der Waals surface area contributed by atoms with Crippen molar-refractivity contribution in [1.29, 1.82) is 0 Å². The van der Waals surface area contributed by atoms with Crippen molar-refractivity contribution in [2.45, 2.75) is 19.8 Å². The third-order valence-electron chi connectivity index (χ3n) is 2.37. The van der Waals surface area contributed by atoms with Gasteiger partial charge in [0.1, 0.15) is 0 Å². The zero-order chi connectivity index (χ0) is 14.0. The van der Waals surface area contributed by atoms with Gasteiger partial charge >= 0.3 is 5.97 Å². The van der Waals surface area contributed by atoms with Crippen LogP contribution in [-0.4, -0.2) is 22.0 Å². The molecule has 0 aliphatic rings. The van der Waals surface area contributed by atoms with Gasteiger partial charge in [-0.1, -0.05) is 13.8 Å². The molecule has 0 bridgehead atoms. The Morgan fingerprint density at radius 3 is 2.58 bits per heavy atom. The van der Waals surface area contributed by atoms with E-state index >= 15 is 0 Å². The van der Waals surface area contributed by atoms with Gasteiger partial charge in [0.15, 0.2) is 10.9 Å². The summed E-state index contributed by atoms with van der Waals surface area (Å²) in [5.41, 5.74) is 0.894. The molecule has 0 aliphatic heterocycles. The lowest BCUT2D eigenvalue weighted by Gasteiger charge is -1.99. The molecule has 19 heavy (non-hydrogen) atoms. The van der Waals surface area contributed by atoms with Crippen molar-refractivity contribution < 1.29 is 19.1 Å². The molecule has 0 atom stereocenters. The summed E-state index contributed by atoms with van der Waals surface area (Å²) < 4.78 is 4.90. The van der Waals surface area contributed by atoms with E-state index in [9.17, 15) is 9.59 Å². The highest BCUT2D eigenvalue weighted by atomic mass is 32.1. The first kappa shape index (κ1) is 13.3. The van der Waals surface area contributed by atoms with Gasteiger partial charge in [0.05, 0.1) is 5.69 Å². The normalized spacial score (nSPS) is 10.7. The van der Waals surface area contributed by atoms with Crippen LogP contribution in [0.15, 0.2) is 21.9 Å². The summed E-state index contributed by atoms with van der Waals surface area (Å²) in [6.07, 6.45) is 0. The third kappa shape index (κ3) is 3.00. The van der Waals surface area contributed by atoms with Gasteiger partial charge in [-0.2, -0.15) is 0 Å². The number of nitrogens with zero attached hydrogens (tertiary/aromatic N) is 1. The minimum Gasteiger partial charge on any atom is -0.475 e. The van der Waals surface area contributed by atoms with Crippen LogP contribution < -0.4 is 5.32 Å². The second-order valence-electron chi connectivity index (χ2n) is 4.16. The van der Waals surface area contributed by atoms with Gasteiger partial charge in [-0.25, -0.2) is 9.78 Å². The van der Waals surface area contributed by atoms with Crippen molar-refractivity contribution in [3.05, 3.63) is 34.7 Å². The minimum atomic E-state index is -1.21. The molecule has 7 heteroatoms. The third-order valence-corrected chi connectivity index (χ3v) is 3.15. The molecule has 6 nitrogen and oxygen atoms in total. The van der Waals surface area contributed by atoms with Crippen LogP contribution in [0.25, 0.3) is 0 Å². The highest BCUT2D eigenvalue weighted by Gasteiger charge is 2.16. The minimum absolute atomic E-state index is 0.0568. The fourth-order valence-electron chi connectivity index (χ4n) is 1.34. The van der Waals surface area contributed by atoms with Gasteiger partial charge in [0.25, 0.3) is 5.91 Å². The molecule has 0 spiro atoms. The van der Waals surface area contributed by atoms with Gasteiger partial charge in [-0.3, -0.25) is 10.1 Å². The van der Waals surface area contributed by atoms with E-state index < -0.39 is 11.9 Å². The molecule has 1 amide bonds. The molecular formula is C12H12N2O4S. The number of hydrogen-bond acceptors (Lipinski definition) is 5. The van der Waals surface area contributed by atoms with Gasteiger partial charge in [0.2, 0.25) is 5.76 Å². The lowest BCUT2D eigenvalue weighted by Crippen LogP contribution is -2.10. The van der Waals surface area contributed by atoms with E-state index in [0.717, 1.165) is 5.69 Å². The van der Waals surface area contributed by atoms with E-state index in [-0.39, 0.29) is 17.4 Å². The summed E-state index contributed by atoms with van der Waals surface area (Å²) in [6, 6.07) is 2.55. The molecule has 2 aromatic heterocycles. The zero-order valence-electron chi connectivity index (χ0n) is 10.3. The van der Waals surface area contributed by atoms with Crippen molar-refractivity contribution in [3.63, 3.8) is 0 Å². The maximum absolute atomic E-state index is 11.8. The topological polar surface area (TPSA) is 92.4 Å². The van der Waals surface area contributed by atoms with E-state index in [0.29, 0.717) is 5.13 Å². The number of carbonyl (C=O) groups is 2. The predicted molar refractivity (Wildman–Crippen MR) is 69.8 cm³/mol. The van der Waals surface area contributed by atoms with Gasteiger partial charge < -0.3 is 9.52 Å². The standard InChI is InChI=1S/C12H12N2O4S/c1-6(2)7-5-19-12(13-7)14-10(15)8-3-4-9(18-8)11(16)17/h3-6H,1-2H3,(H,16,17)(H,13,14,15). The Bertz CT molecular complexity index is 615. The highest BCUT2D eigenvalue weighted by Crippen LogP contribution is 2.22. The quantitative estimate of drug-likeness (QED) is 0.898. The maximum atomic E-state index is 11.8. The van der Waals surface area contributed by atoms with E-state index in [1.807, 2.05) is 19.2 Å². The molecule has 0 unspecified atom stereocenters. The second-order valence-corrected chi connectivity index (χ2v) is 5.01. The first-order chi connectivity index (χ1) is 8.97. The van der Waals surface area contributed by atoms with E-state index in [4.69, 9.17) is 9.52 Å². The number of aromatic nitrogens is 1. The van der Waals surface area contributed by atoms with Crippen molar-refractivity contribution in [1.82, 2.24) is 4.98 Å². The van der Waals surface area contributed by atoms with Crippen molar-refractivity contribution >= 4 is 28.3 Å². The molecular weight excluding hydrogens is 268 g/mol. The fourth-order valence-corrected chi connectivity index (χ4v) is 2.21. The van der Waals surface area contributed by atoms with Gasteiger partial charge in [0, 0.05) is 5.38 Å². The largest absolute Gasteiger partial charge is 0.475 e. The van der Waals surface area contributed by atoms with E-state index in [1.54, 1.807) is 0 Å². The number of rotatable bonds is 4. The Morgan fingerprint density at radius 2 is 2.05 bits per heavy atom. The van der Waals surface area contributed by atoms with Crippen LogP contribution in [0.1, 0.15) is 46.6 Å². The lowest BCUT2D eigenvalue weighted by molar-refractivity contribution is 0.0660. The molecule has 0 saturated carbocycles. The number of furan rings is 1. The molecule has 0 fully saturated rings. The van der Waals surface area contributed by atoms with Crippen LogP contribution in [0.3, 0.4) is 0 Å². The van der Waals surface area contributed by atoms with Crippen molar-refractivity contribution in [3.8, 4) is 0 Å². The van der Waals surface area contributed by atoms with Crippen LogP contribution in [0.2, 0.25) is 0 Å². The Labute approximate surface area is 113 Å². The smallest absolute Gasteiger partial charge is 0.371 e. The average molecular weight is 280 g/mol. The molecule has 2 rings (SSSR count). The number of aromatic carboxylic acids is 1. The highest BCUT2D eigenvalue weighted by molar-refractivity contribution is 7.14. The molecule has 0 radical (unpaired) electrons. The molecule has 0 saturated heterocycles. The van der Waals surface area contributed by atoms with Crippen LogP contribution in [-0.2, 0) is 0 Å². The summed E-state index contributed by atoms with van der Waals surface area (Å²) in [5.74, 6) is -1.78. The van der Waals surface area contributed by atoms with E-state index in [1.165, 1.54) is 23.5 Å². The first-order valence-electron chi connectivity index (χ1n) is 5.57. The van der Waals surface area contributed by atoms with Crippen molar-refractivity contribution in [2.24, 2.45) is 0 Å². The zero-order valence-corrected chi connectivity index (χ0v) is 11.2. The summed E-state index contributed by atoms with van der Waals surface area (Å²) >= 11 is 1.31. The predicted octanol–water partition coefficient (Wildman–Crippen LogP) is 2.81. The molecule has 2 N–H and O–H groups in total.